The maximum absolute atomic E-state index is 13.6. The fraction of sp³-hybridized carbons (Fsp3) is 0.440. The van der Waals surface area contributed by atoms with Gasteiger partial charge in [-0.15, -0.1) is 0 Å². The van der Waals surface area contributed by atoms with Gasteiger partial charge in [-0.05, 0) is 70.3 Å². The quantitative estimate of drug-likeness (QED) is 0.403. The molecule has 2 aromatic carbocycles. The number of ether oxygens (including phenoxy) is 1. The molecule has 1 saturated heterocycles. The molecule has 1 fully saturated rings. The lowest BCUT2D eigenvalue weighted by molar-refractivity contribution is 0.0985. The molecular formula is C25H31ClN4O4S2. The van der Waals surface area contributed by atoms with E-state index in [9.17, 15) is 13.2 Å². The molecule has 1 aliphatic rings. The van der Waals surface area contributed by atoms with Gasteiger partial charge in [0.1, 0.15) is 11.3 Å². The van der Waals surface area contributed by atoms with Gasteiger partial charge in [-0.25, -0.2) is 13.4 Å². The number of halogens is 1. The average molecular weight is 551 g/mol. The van der Waals surface area contributed by atoms with Crippen LogP contribution in [-0.2, 0) is 10.0 Å². The van der Waals surface area contributed by atoms with Gasteiger partial charge >= 0.3 is 0 Å². The molecule has 4 rings (SSSR count). The SMILES string of the molecule is COc1ccc(Cl)c2sc(N(CCN(C)C)C(=O)c3ccc(S(=O)(=O)N4CCCCC4C)cc3)nc12. The number of sulfonamides is 1. The second-order valence-corrected chi connectivity index (χ2v) is 12.4. The molecule has 0 radical (unpaired) electrons. The van der Waals surface area contributed by atoms with E-state index in [4.69, 9.17) is 16.3 Å². The molecule has 0 spiro atoms. The lowest BCUT2D eigenvalue weighted by atomic mass is 10.1. The van der Waals surface area contributed by atoms with Crippen LogP contribution < -0.4 is 9.64 Å². The summed E-state index contributed by atoms with van der Waals surface area (Å²) in [7, 11) is 1.82. The van der Waals surface area contributed by atoms with E-state index < -0.39 is 10.0 Å². The summed E-state index contributed by atoms with van der Waals surface area (Å²) in [5.41, 5.74) is 0.987. The number of carbonyl (C=O) groups is 1. The summed E-state index contributed by atoms with van der Waals surface area (Å²) >= 11 is 7.73. The first-order valence-electron chi connectivity index (χ1n) is 11.8. The van der Waals surface area contributed by atoms with Crippen molar-refractivity contribution in [1.29, 1.82) is 0 Å². The standard InChI is InChI=1S/C25H31ClN4O4S2/c1-17-7-5-6-14-30(17)36(32,33)19-10-8-18(9-11-19)24(31)29(16-15-28(2)3)25-27-22-21(34-4)13-12-20(26)23(22)35-25/h8-13,17H,5-7,14-16H2,1-4H3. The van der Waals surface area contributed by atoms with E-state index in [1.807, 2.05) is 25.9 Å². The molecule has 0 bridgehead atoms. The molecule has 1 atom stereocenters. The van der Waals surface area contributed by atoms with Crippen molar-refractivity contribution in [2.24, 2.45) is 0 Å². The van der Waals surface area contributed by atoms with Gasteiger partial charge in [-0.2, -0.15) is 4.31 Å². The maximum Gasteiger partial charge on any atom is 0.260 e. The number of likely N-dealkylation sites (N-methyl/N-ethyl adjacent to an activating group) is 1. The third-order valence-electron chi connectivity index (χ3n) is 6.36. The number of amides is 1. The Morgan fingerprint density at radius 1 is 1.17 bits per heavy atom. The summed E-state index contributed by atoms with van der Waals surface area (Å²) in [6.07, 6.45) is 2.75. The van der Waals surface area contributed by atoms with Crippen LogP contribution in [0.5, 0.6) is 5.75 Å². The average Bonchev–Trinajstić information content (AvgIpc) is 3.30. The Balaban J connectivity index is 1.66. The molecular weight excluding hydrogens is 520 g/mol. The van der Waals surface area contributed by atoms with Gasteiger partial charge in [-0.3, -0.25) is 9.69 Å². The van der Waals surface area contributed by atoms with Crippen molar-refractivity contribution in [2.45, 2.75) is 37.1 Å². The van der Waals surface area contributed by atoms with E-state index in [0.717, 1.165) is 24.0 Å². The fourth-order valence-corrected chi connectivity index (χ4v) is 7.28. The monoisotopic (exact) mass is 550 g/mol. The molecule has 194 valence electrons. The summed E-state index contributed by atoms with van der Waals surface area (Å²) in [5.74, 6) is 0.319. The molecule has 36 heavy (non-hydrogen) atoms. The number of fused-ring (bicyclic) bond motifs is 1. The van der Waals surface area contributed by atoms with Gasteiger partial charge in [0.2, 0.25) is 10.0 Å². The number of rotatable bonds is 8. The molecule has 1 aromatic heterocycles. The number of piperidine rings is 1. The van der Waals surface area contributed by atoms with Crippen molar-refractivity contribution in [3.63, 3.8) is 0 Å². The third kappa shape index (κ3) is 5.38. The van der Waals surface area contributed by atoms with Crippen LogP contribution in [0, 0.1) is 0 Å². The lowest BCUT2D eigenvalue weighted by Crippen LogP contribution is -2.41. The highest BCUT2D eigenvalue weighted by Crippen LogP contribution is 2.39. The second-order valence-electron chi connectivity index (χ2n) is 9.17. The molecule has 0 aliphatic carbocycles. The smallest absolute Gasteiger partial charge is 0.260 e. The largest absolute Gasteiger partial charge is 0.494 e. The Bertz CT molecular complexity index is 1340. The van der Waals surface area contributed by atoms with Crippen molar-refractivity contribution in [1.82, 2.24) is 14.2 Å². The van der Waals surface area contributed by atoms with Gasteiger partial charge in [-0.1, -0.05) is 29.4 Å². The minimum absolute atomic E-state index is 0.0329. The van der Waals surface area contributed by atoms with Crippen LogP contribution in [0.2, 0.25) is 5.02 Å². The second kappa shape index (κ2) is 11.0. The van der Waals surface area contributed by atoms with Crippen molar-refractivity contribution in [2.75, 3.05) is 45.7 Å². The molecule has 11 heteroatoms. The number of hydrogen-bond donors (Lipinski definition) is 0. The Morgan fingerprint density at radius 3 is 2.53 bits per heavy atom. The summed E-state index contributed by atoms with van der Waals surface area (Å²) in [5, 5.41) is 1.04. The Labute approximate surface area is 221 Å². The highest BCUT2D eigenvalue weighted by Gasteiger charge is 2.31. The van der Waals surface area contributed by atoms with Gasteiger partial charge < -0.3 is 9.64 Å². The fourth-order valence-electron chi connectivity index (χ4n) is 4.29. The topological polar surface area (TPSA) is 83.0 Å². The van der Waals surface area contributed by atoms with Crippen molar-refractivity contribution in [3.8, 4) is 5.75 Å². The lowest BCUT2D eigenvalue weighted by Gasteiger charge is -2.32. The van der Waals surface area contributed by atoms with Crippen molar-refractivity contribution < 1.29 is 17.9 Å². The predicted octanol–water partition coefficient (Wildman–Crippen LogP) is 4.73. The zero-order valence-corrected chi connectivity index (χ0v) is 23.3. The van der Waals surface area contributed by atoms with Crippen LogP contribution in [0.1, 0.15) is 36.5 Å². The predicted molar refractivity (Wildman–Crippen MR) is 145 cm³/mol. The van der Waals surface area contributed by atoms with Gasteiger partial charge in [0.05, 0.1) is 21.7 Å². The zero-order valence-electron chi connectivity index (χ0n) is 20.9. The minimum Gasteiger partial charge on any atom is -0.494 e. The normalized spacial score (nSPS) is 17.0. The number of aromatic nitrogens is 1. The van der Waals surface area contributed by atoms with Crippen LogP contribution in [0.3, 0.4) is 0 Å². The number of anilines is 1. The van der Waals surface area contributed by atoms with E-state index in [1.165, 1.54) is 23.5 Å². The summed E-state index contributed by atoms with van der Waals surface area (Å²) in [4.78, 5) is 22.1. The van der Waals surface area contributed by atoms with Crippen LogP contribution in [-0.4, -0.2) is 75.4 Å². The zero-order chi connectivity index (χ0) is 26.0. The summed E-state index contributed by atoms with van der Waals surface area (Å²) < 4.78 is 34.1. The highest BCUT2D eigenvalue weighted by atomic mass is 35.5. The number of benzene rings is 2. The van der Waals surface area contributed by atoms with Crippen LogP contribution in [0.4, 0.5) is 5.13 Å². The molecule has 1 unspecified atom stereocenters. The number of methoxy groups -OCH3 is 1. The number of nitrogens with zero attached hydrogens (tertiary/aromatic N) is 4. The maximum atomic E-state index is 13.6. The summed E-state index contributed by atoms with van der Waals surface area (Å²) in [6.45, 7) is 3.48. The molecule has 8 nitrogen and oxygen atoms in total. The first-order chi connectivity index (χ1) is 17.1. The van der Waals surface area contributed by atoms with Gasteiger partial charge in [0.15, 0.2) is 5.13 Å². The first-order valence-corrected chi connectivity index (χ1v) is 14.5. The molecule has 0 saturated carbocycles. The van der Waals surface area contributed by atoms with E-state index in [-0.39, 0.29) is 16.8 Å². The number of carbonyl (C=O) groups excluding carboxylic acids is 1. The van der Waals surface area contributed by atoms with Crippen molar-refractivity contribution >= 4 is 54.2 Å². The van der Waals surface area contributed by atoms with Crippen LogP contribution in [0.25, 0.3) is 10.2 Å². The number of thiazole rings is 1. The molecule has 1 aliphatic heterocycles. The molecule has 0 N–H and O–H groups in total. The van der Waals surface area contributed by atoms with E-state index >= 15 is 0 Å². The molecule has 3 aromatic rings. The number of hydrogen-bond acceptors (Lipinski definition) is 7. The third-order valence-corrected chi connectivity index (χ3v) is 9.93. The highest BCUT2D eigenvalue weighted by molar-refractivity contribution is 7.89. The van der Waals surface area contributed by atoms with E-state index in [0.29, 0.717) is 46.6 Å². The van der Waals surface area contributed by atoms with Gasteiger partial charge in [0, 0.05) is 31.2 Å². The van der Waals surface area contributed by atoms with Crippen LogP contribution >= 0.6 is 22.9 Å². The first kappa shape index (κ1) is 26.8. The van der Waals surface area contributed by atoms with Crippen molar-refractivity contribution in [3.05, 3.63) is 47.0 Å². The minimum atomic E-state index is -3.61. The summed E-state index contributed by atoms with van der Waals surface area (Å²) in [6, 6.07) is 9.66. The van der Waals surface area contributed by atoms with E-state index in [1.54, 1.807) is 40.6 Å². The Morgan fingerprint density at radius 2 is 1.89 bits per heavy atom. The molecule has 2 heterocycles. The van der Waals surface area contributed by atoms with E-state index in [2.05, 4.69) is 4.98 Å². The molecule has 1 amide bonds. The van der Waals surface area contributed by atoms with Crippen LogP contribution in [0.15, 0.2) is 41.3 Å². The Kier molecular flexibility index (Phi) is 8.21. The Hall–Kier alpha value is -2.24. The van der Waals surface area contributed by atoms with Gasteiger partial charge in [0.25, 0.3) is 5.91 Å².